The van der Waals surface area contributed by atoms with Crippen molar-refractivity contribution in [2.24, 2.45) is 11.8 Å². The van der Waals surface area contributed by atoms with Gasteiger partial charge in [-0.15, -0.1) is 0 Å². The first-order chi connectivity index (χ1) is 7.76. The summed E-state index contributed by atoms with van der Waals surface area (Å²) in [7, 11) is 0. The quantitative estimate of drug-likeness (QED) is 0.821. The Hall–Kier alpha value is -0.120. The van der Waals surface area contributed by atoms with Gasteiger partial charge in [0.2, 0.25) is 0 Å². The predicted molar refractivity (Wildman–Crippen MR) is 71.1 cm³/mol. The second kappa shape index (κ2) is 6.17. The van der Waals surface area contributed by atoms with Crippen LogP contribution in [0.3, 0.4) is 0 Å². The van der Waals surface area contributed by atoms with Crippen molar-refractivity contribution in [1.82, 2.24) is 4.90 Å². The van der Waals surface area contributed by atoms with Crippen LogP contribution < -0.4 is 0 Å². The normalized spacial score (nSPS) is 29.3. The van der Waals surface area contributed by atoms with Crippen molar-refractivity contribution < 1.29 is 9.84 Å². The van der Waals surface area contributed by atoms with Crippen LogP contribution in [0, 0.1) is 11.8 Å². The molecule has 1 aliphatic rings. The van der Waals surface area contributed by atoms with Crippen molar-refractivity contribution in [3.63, 3.8) is 0 Å². The summed E-state index contributed by atoms with van der Waals surface area (Å²) in [5.41, 5.74) is -0.163. The number of hydrogen-bond acceptors (Lipinski definition) is 3. The zero-order valence-corrected chi connectivity index (χ0v) is 12.1. The van der Waals surface area contributed by atoms with Crippen molar-refractivity contribution in [3.05, 3.63) is 0 Å². The molecule has 17 heavy (non-hydrogen) atoms. The number of ether oxygens (including phenoxy) is 1. The molecular formula is C14H29NO2. The average molecular weight is 243 g/mol. The van der Waals surface area contributed by atoms with Gasteiger partial charge in [-0.05, 0) is 39.0 Å². The molecule has 3 nitrogen and oxygen atoms in total. The molecule has 3 atom stereocenters. The average Bonchev–Trinajstić information content (AvgIpc) is 2.11. The molecule has 102 valence electrons. The standard InChI is InChI=1S/C14H29NO2/c1-11-6-12(2)8-15(7-11)9-13(16)10-17-14(3,4)5/h11-13,16H,6-10H2,1-5H3/t11-,12-,13+/m1/s1. The van der Waals surface area contributed by atoms with Gasteiger partial charge in [-0.3, -0.25) is 0 Å². The molecule has 1 aliphatic heterocycles. The highest BCUT2D eigenvalue weighted by molar-refractivity contribution is 4.76. The first kappa shape index (κ1) is 14.9. The van der Waals surface area contributed by atoms with E-state index in [-0.39, 0.29) is 11.7 Å². The van der Waals surface area contributed by atoms with E-state index in [0.29, 0.717) is 6.61 Å². The van der Waals surface area contributed by atoms with Gasteiger partial charge in [0.15, 0.2) is 0 Å². The van der Waals surface area contributed by atoms with E-state index in [1.54, 1.807) is 0 Å². The van der Waals surface area contributed by atoms with Crippen LogP contribution in [0.25, 0.3) is 0 Å². The van der Waals surface area contributed by atoms with E-state index in [4.69, 9.17) is 4.74 Å². The van der Waals surface area contributed by atoms with Gasteiger partial charge in [0.1, 0.15) is 0 Å². The van der Waals surface area contributed by atoms with Crippen LogP contribution in [-0.2, 0) is 4.74 Å². The molecule has 1 heterocycles. The van der Waals surface area contributed by atoms with Crippen LogP contribution in [0.2, 0.25) is 0 Å². The highest BCUT2D eigenvalue weighted by atomic mass is 16.5. The minimum absolute atomic E-state index is 0.163. The third kappa shape index (κ3) is 6.39. The molecule has 0 spiro atoms. The maximum absolute atomic E-state index is 9.97. The summed E-state index contributed by atoms with van der Waals surface area (Å²) < 4.78 is 5.61. The Morgan fingerprint density at radius 2 is 1.76 bits per heavy atom. The summed E-state index contributed by atoms with van der Waals surface area (Å²) >= 11 is 0. The topological polar surface area (TPSA) is 32.7 Å². The van der Waals surface area contributed by atoms with Gasteiger partial charge in [0.05, 0.1) is 18.3 Å². The summed E-state index contributed by atoms with van der Waals surface area (Å²) in [6, 6.07) is 0. The zero-order valence-electron chi connectivity index (χ0n) is 12.1. The Morgan fingerprint density at radius 3 is 2.24 bits per heavy atom. The molecule has 0 aromatic heterocycles. The van der Waals surface area contributed by atoms with Gasteiger partial charge in [-0.2, -0.15) is 0 Å². The SMILES string of the molecule is C[C@@H]1C[C@@H](C)CN(C[C@H](O)COC(C)(C)C)C1. The molecule has 1 fully saturated rings. The van der Waals surface area contributed by atoms with E-state index in [1.165, 1.54) is 6.42 Å². The summed E-state index contributed by atoms with van der Waals surface area (Å²) in [5, 5.41) is 9.97. The summed E-state index contributed by atoms with van der Waals surface area (Å²) in [4.78, 5) is 2.37. The van der Waals surface area contributed by atoms with Crippen molar-refractivity contribution in [1.29, 1.82) is 0 Å². The van der Waals surface area contributed by atoms with Crippen molar-refractivity contribution in [2.45, 2.75) is 52.7 Å². The largest absolute Gasteiger partial charge is 0.389 e. The van der Waals surface area contributed by atoms with E-state index in [9.17, 15) is 5.11 Å². The molecule has 0 unspecified atom stereocenters. The Morgan fingerprint density at radius 1 is 1.24 bits per heavy atom. The smallest absolute Gasteiger partial charge is 0.0900 e. The zero-order chi connectivity index (χ0) is 13.1. The van der Waals surface area contributed by atoms with Gasteiger partial charge >= 0.3 is 0 Å². The van der Waals surface area contributed by atoms with Gasteiger partial charge in [-0.25, -0.2) is 0 Å². The maximum atomic E-state index is 9.97. The van der Waals surface area contributed by atoms with Crippen LogP contribution in [0.15, 0.2) is 0 Å². The van der Waals surface area contributed by atoms with Crippen LogP contribution in [-0.4, -0.2) is 48.0 Å². The molecule has 0 aromatic rings. The summed E-state index contributed by atoms with van der Waals surface area (Å²) in [6.45, 7) is 14.0. The molecule has 0 aliphatic carbocycles. The van der Waals surface area contributed by atoms with Gasteiger partial charge in [0, 0.05) is 19.6 Å². The monoisotopic (exact) mass is 243 g/mol. The van der Waals surface area contributed by atoms with Gasteiger partial charge < -0.3 is 14.7 Å². The third-order valence-corrected chi connectivity index (χ3v) is 3.12. The number of aliphatic hydroxyl groups is 1. The summed E-state index contributed by atoms with van der Waals surface area (Å²) in [5.74, 6) is 1.49. The lowest BCUT2D eigenvalue weighted by Gasteiger charge is -2.36. The van der Waals surface area contributed by atoms with Crippen LogP contribution >= 0.6 is 0 Å². The number of β-amino-alcohol motifs (C(OH)–C–C–N with tert-alkyl or cyclic N) is 1. The number of likely N-dealkylation sites (tertiary alicyclic amines) is 1. The molecule has 3 heteroatoms. The molecule has 0 amide bonds. The number of hydrogen-bond donors (Lipinski definition) is 1. The van der Waals surface area contributed by atoms with E-state index in [2.05, 4.69) is 18.7 Å². The lowest BCUT2D eigenvalue weighted by molar-refractivity contribution is -0.0596. The minimum atomic E-state index is -0.369. The van der Waals surface area contributed by atoms with Gasteiger partial charge in [-0.1, -0.05) is 13.8 Å². The fourth-order valence-electron chi connectivity index (χ4n) is 2.64. The molecule has 1 N–H and O–H groups in total. The fourth-order valence-corrected chi connectivity index (χ4v) is 2.64. The molecule has 0 saturated carbocycles. The number of nitrogens with zero attached hydrogens (tertiary/aromatic N) is 1. The third-order valence-electron chi connectivity index (χ3n) is 3.12. The van der Waals surface area contributed by atoms with Crippen molar-refractivity contribution >= 4 is 0 Å². The fraction of sp³-hybridized carbons (Fsp3) is 1.00. The molecule has 0 aromatic carbocycles. The second-order valence-electron chi connectivity index (χ2n) is 6.74. The van der Waals surface area contributed by atoms with E-state index < -0.39 is 0 Å². The van der Waals surface area contributed by atoms with Crippen molar-refractivity contribution in [3.8, 4) is 0 Å². The molecule has 1 saturated heterocycles. The lowest BCUT2D eigenvalue weighted by Crippen LogP contribution is -2.44. The first-order valence-corrected chi connectivity index (χ1v) is 6.80. The minimum Gasteiger partial charge on any atom is -0.389 e. The molecule has 0 bridgehead atoms. The summed E-state index contributed by atoms with van der Waals surface area (Å²) in [6.07, 6.45) is 0.942. The number of rotatable bonds is 4. The van der Waals surface area contributed by atoms with Gasteiger partial charge in [0.25, 0.3) is 0 Å². The Kier molecular flexibility index (Phi) is 5.42. The number of aliphatic hydroxyl groups excluding tert-OH is 1. The Labute approximate surface area is 106 Å². The molecular weight excluding hydrogens is 214 g/mol. The van der Waals surface area contributed by atoms with E-state index >= 15 is 0 Å². The molecule has 1 rings (SSSR count). The van der Waals surface area contributed by atoms with Crippen LogP contribution in [0.4, 0.5) is 0 Å². The van der Waals surface area contributed by atoms with Crippen LogP contribution in [0.5, 0.6) is 0 Å². The second-order valence-corrected chi connectivity index (χ2v) is 6.74. The predicted octanol–water partition coefficient (Wildman–Crippen LogP) is 2.14. The van der Waals surface area contributed by atoms with E-state index in [0.717, 1.165) is 31.5 Å². The maximum Gasteiger partial charge on any atom is 0.0900 e. The Balaban J connectivity index is 2.28. The Bertz CT molecular complexity index is 215. The highest BCUT2D eigenvalue weighted by Crippen LogP contribution is 2.21. The highest BCUT2D eigenvalue weighted by Gasteiger charge is 2.24. The first-order valence-electron chi connectivity index (χ1n) is 6.80. The molecule has 0 radical (unpaired) electrons. The van der Waals surface area contributed by atoms with Crippen molar-refractivity contribution in [2.75, 3.05) is 26.2 Å². The van der Waals surface area contributed by atoms with E-state index in [1.807, 2.05) is 20.8 Å². The number of piperidine rings is 1. The lowest BCUT2D eigenvalue weighted by atomic mass is 9.92. The van der Waals surface area contributed by atoms with Crippen LogP contribution in [0.1, 0.15) is 41.0 Å².